The van der Waals surface area contributed by atoms with Crippen molar-refractivity contribution in [1.29, 1.82) is 0 Å². The Kier molecular flexibility index (Phi) is 2.95. The molecule has 3 rings (SSSR count). The Morgan fingerprint density at radius 1 is 1.35 bits per heavy atom. The number of thioether (sulfide) groups is 1. The van der Waals surface area contributed by atoms with Gasteiger partial charge in [0.1, 0.15) is 0 Å². The van der Waals surface area contributed by atoms with E-state index in [4.69, 9.17) is 4.42 Å². The second-order valence-corrected chi connectivity index (χ2v) is 5.34. The van der Waals surface area contributed by atoms with E-state index in [1.165, 1.54) is 16.0 Å². The summed E-state index contributed by atoms with van der Waals surface area (Å²) in [7, 11) is 2.02. The van der Waals surface area contributed by atoms with Crippen LogP contribution in [0.15, 0.2) is 52.2 Å². The highest BCUT2D eigenvalue weighted by Crippen LogP contribution is 2.45. The molecular weight excluding hydrogens is 230 g/mol. The molecule has 2 unspecified atom stereocenters. The largest absolute Gasteiger partial charge is 0.472 e. The van der Waals surface area contributed by atoms with E-state index in [1.807, 2.05) is 31.1 Å². The first kappa shape index (κ1) is 10.9. The van der Waals surface area contributed by atoms with Crippen molar-refractivity contribution >= 4 is 11.8 Å². The smallest absolute Gasteiger partial charge is 0.0950 e. The molecule has 0 amide bonds. The standard InChI is InChI=1S/C14H15NOS/c1-15-14(10-6-7-16-8-10)12-9-17-13-5-3-2-4-11(12)13/h2-8,12,14-15H,9H2,1H3. The van der Waals surface area contributed by atoms with Crippen LogP contribution < -0.4 is 5.32 Å². The molecular formula is C14H15NOS. The van der Waals surface area contributed by atoms with Crippen molar-refractivity contribution in [3.8, 4) is 0 Å². The molecule has 0 spiro atoms. The summed E-state index contributed by atoms with van der Waals surface area (Å²) in [5, 5.41) is 3.41. The van der Waals surface area contributed by atoms with Crippen LogP contribution in [0.2, 0.25) is 0 Å². The van der Waals surface area contributed by atoms with E-state index in [1.54, 1.807) is 6.26 Å². The van der Waals surface area contributed by atoms with Crippen molar-refractivity contribution in [2.45, 2.75) is 16.9 Å². The van der Waals surface area contributed by atoms with Crippen molar-refractivity contribution < 1.29 is 4.42 Å². The van der Waals surface area contributed by atoms with Crippen molar-refractivity contribution in [3.63, 3.8) is 0 Å². The zero-order chi connectivity index (χ0) is 11.7. The average molecular weight is 245 g/mol. The summed E-state index contributed by atoms with van der Waals surface area (Å²) in [5.41, 5.74) is 2.69. The summed E-state index contributed by atoms with van der Waals surface area (Å²) in [6, 6.07) is 11.1. The van der Waals surface area contributed by atoms with Gasteiger partial charge in [-0.25, -0.2) is 0 Å². The Labute approximate surface area is 105 Å². The molecule has 0 bridgehead atoms. The number of likely N-dealkylation sites (N-methyl/N-ethyl adjacent to an activating group) is 1. The van der Waals surface area contributed by atoms with Crippen molar-refractivity contribution in [2.75, 3.05) is 12.8 Å². The lowest BCUT2D eigenvalue weighted by Gasteiger charge is -2.22. The quantitative estimate of drug-likeness (QED) is 0.897. The number of rotatable bonds is 3. The summed E-state index contributed by atoms with van der Waals surface area (Å²) in [4.78, 5) is 1.42. The van der Waals surface area contributed by atoms with Gasteiger partial charge < -0.3 is 9.73 Å². The lowest BCUT2D eigenvalue weighted by molar-refractivity contribution is 0.500. The summed E-state index contributed by atoms with van der Waals surface area (Å²) in [6.45, 7) is 0. The predicted molar refractivity (Wildman–Crippen MR) is 70.4 cm³/mol. The third-order valence-electron chi connectivity index (χ3n) is 3.35. The molecule has 2 nitrogen and oxygen atoms in total. The van der Waals surface area contributed by atoms with Gasteiger partial charge in [-0.1, -0.05) is 18.2 Å². The van der Waals surface area contributed by atoms with E-state index in [2.05, 4.69) is 29.6 Å². The summed E-state index contributed by atoms with van der Waals surface area (Å²) < 4.78 is 5.20. The molecule has 1 aliphatic heterocycles. The minimum Gasteiger partial charge on any atom is -0.472 e. The Bertz CT molecular complexity index is 495. The third-order valence-corrected chi connectivity index (χ3v) is 4.56. The van der Waals surface area contributed by atoms with Gasteiger partial charge in [0.15, 0.2) is 0 Å². The van der Waals surface area contributed by atoms with Gasteiger partial charge in [-0.15, -0.1) is 11.8 Å². The number of hydrogen-bond donors (Lipinski definition) is 1. The molecule has 0 fully saturated rings. The zero-order valence-corrected chi connectivity index (χ0v) is 10.5. The Morgan fingerprint density at radius 3 is 3.00 bits per heavy atom. The average Bonchev–Trinajstić information content (AvgIpc) is 3.01. The highest BCUT2D eigenvalue weighted by molar-refractivity contribution is 7.99. The van der Waals surface area contributed by atoms with Crippen molar-refractivity contribution in [3.05, 3.63) is 54.0 Å². The topological polar surface area (TPSA) is 25.2 Å². The van der Waals surface area contributed by atoms with E-state index in [9.17, 15) is 0 Å². The number of hydrogen-bond acceptors (Lipinski definition) is 3. The monoisotopic (exact) mass is 245 g/mol. The fraction of sp³-hybridized carbons (Fsp3) is 0.286. The summed E-state index contributed by atoms with van der Waals surface area (Å²) in [6.07, 6.45) is 3.58. The van der Waals surface area contributed by atoms with Crippen LogP contribution in [-0.4, -0.2) is 12.8 Å². The second-order valence-electron chi connectivity index (χ2n) is 4.28. The van der Waals surface area contributed by atoms with Gasteiger partial charge in [-0.2, -0.15) is 0 Å². The third kappa shape index (κ3) is 1.90. The predicted octanol–water partition coefficient (Wildman–Crippen LogP) is 3.43. The first-order valence-corrected chi connectivity index (χ1v) is 6.80. The summed E-state index contributed by atoms with van der Waals surface area (Å²) >= 11 is 1.95. The lowest BCUT2D eigenvalue weighted by Crippen LogP contribution is -2.23. The van der Waals surface area contributed by atoms with Crippen LogP contribution in [0.5, 0.6) is 0 Å². The van der Waals surface area contributed by atoms with Gasteiger partial charge in [0, 0.05) is 28.2 Å². The van der Waals surface area contributed by atoms with Crippen molar-refractivity contribution in [1.82, 2.24) is 5.32 Å². The lowest BCUT2D eigenvalue weighted by atomic mass is 9.90. The number of benzene rings is 1. The van der Waals surface area contributed by atoms with Crippen LogP contribution in [0, 0.1) is 0 Å². The molecule has 2 heterocycles. The van der Waals surface area contributed by atoms with Gasteiger partial charge >= 0.3 is 0 Å². The maximum atomic E-state index is 5.20. The van der Waals surface area contributed by atoms with Crippen LogP contribution in [0.25, 0.3) is 0 Å². The zero-order valence-electron chi connectivity index (χ0n) is 9.72. The van der Waals surface area contributed by atoms with Gasteiger partial charge in [-0.05, 0) is 24.7 Å². The molecule has 0 aliphatic carbocycles. The normalized spacial score (nSPS) is 20.2. The maximum absolute atomic E-state index is 5.20. The molecule has 1 aliphatic rings. The van der Waals surface area contributed by atoms with Crippen LogP contribution in [0.1, 0.15) is 23.1 Å². The first-order chi connectivity index (χ1) is 8.40. The van der Waals surface area contributed by atoms with Crippen LogP contribution in [0.4, 0.5) is 0 Å². The van der Waals surface area contributed by atoms with E-state index >= 15 is 0 Å². The molecule has 1 aromatic heterocycles. The van der Waals surface area contributed by atoms with E-state index in [0.717, 1.165) is 5.75 Å². The van der Waals surface area contributed by atoms with Crippen LogP contribution >= 0.6 is 11.8 Å². The number of nitrogens with one attached hydrogen (secondary N) is 1. The highest BCUT2D eigenvalue weighted by Gasteiger charge is 2.30. The molecule has 88 valence electrons. The van der Waals surface area contributed by atoms with Gasteiger partial charge in [0.2, 0.25) is 0 Å². The molecule has 2 aromatic rings. The van der Waals surface area contributed by atoms with Gasteiger partial charge in [-0.3, -0.25) is 0 Å². The van der Waals surface area contributed by atoms with Crippen LogP contribution in [-0.2, 0) is 0 Å². The molecule has 1 aromatic carbocycles. The van der Waals surface area contributed by atoms with Crippen LogP contribution in [0.3, 0.4) is 0 Å². The second kappa shape index (κ2) is 4.59. The minimum atomic E-state index is 0.338. The molecule has 2 atom stereocenters. The minimum absolute atomic E-state index is 0.338. The fourth-order valence-corrected chi connectivity index (χ4v) is 3.81. The number of fused-ring (bicyclic) bond motifs is 1. The maximum Gasteiger partial charge on any atom is 0.0950 e. The SMILES string of the molecule is CNC(c1ccoc1)C1CSc2ccccc21. The molecule has 0 saturated carbocycles. The van der Waals surface area contributed by atoms with Crippen molar-refractivity contribution in [2.24, 2.45) is 0 Å². The summed E-state index contributed by atoms with van der Waals surface area (Å²) in [5.74, 6) is 1.66. The van der Waals surface area contributed by atoms with Gasteiger partial charge in [0.05, 0.1) is 12.5 Å². The molecule has 1 N–H and O–H groups in total. The molecule has 0 saturated heterocycles. The number of furan rings is 1. The molecule has 3 heteroatoms. The Hall–Kier alpha value is -1.19. The first-order valence-electron chi connectivity index (χ1n) is 5.81. The highest BCUT2D eigenvalue weighted by atomic mass is 32.2. The van der Waals surface area contributed by atoms with E-state index in [-0.39, 0.29) is 0 Å². The molecule has 0 radical (unpaired) electrons. The van der Waals surface area contributed by atoms with E-state index < -0.39 is 0 Å². The Morgan fingerprint density at radius 2 is 2.24 bits per heavy atom. The molecule has 17 heavy (non-hydrogen) atoms. The Balaban J connectivity index is 1.95. The van der Waals surface area contributed by atoms with E-state index in [0.29, 0.717) is 12.0 Å². The van der Waals surface area contributed by atoms with Gasteiger partial charge in [0.25, 0.3) is 0 Å². The fourth-order valence-electron chi connectivity index (χ4n) is 2.52.